The van der Waals surface area contributed by atoms with Crippen LogP contribution in [0.25, 0.3) is 11.5 Å². The highest BCUT2D eigenvalue weighted by atomic mass is 16.5. The monoisotopic (exact) mass is 337 g/mol. The van der Waals surface area contributed by atoms with Gasteiger partial charge in [-0.15, -0.1) is 0 Å². The van der Waals surface area contributed by atoms with Crippen LogP contribution >= 0.6 is 0 Å². The second-order valence-corrected chi connectivity index (χ2v) is 6.15. The van der Waals surface area contributed by atoms with E-state index in [1.54, 1.807) is 11.8 Å². The Labute approximate surface area is 145 Å². The predicted octanol–water partition coefficient (Wildman–Crippen LogP) is 3.40. The lowest BCUT2D eigenvalue weighted by Gasteiger charge is -2.25. The Kier molecular flexibility index (Phi) is 3.87. The van der Waals surface area contributed by atoms with E-state index in [1.807, 2.05) is 37.3 Å². The molecular weight excluding hydrogens is 318 g/mol. The van der Waals surface area contributed by atoms with Gasteiger partial charge in [0.15, 0.2) is 0 Å². The minimum absolute atomic E-state index is 0.0505. The molecular formula is C19H19N3O3. The van der Waals surface area contributed by atoms with Crippen LogP contribution in [0, 0.1) is 6.92 Å². The Morgan fingerprint density at radius 3 is 2.84 bits per heavy atom. The molecule has 0 saturated heterocycles. The number of rotatable bonds is 3. The highest BCUT2D eigenvalue weighted by molar-refractivity contribution is 5.96. The third-order valence-electron chi connectivity index (χ3n) is 4.52. The van der Waals surface area contributed by atoms with Crippen LogP contribution in [0.15, 0.2) is 39.3 Å². The Morgan fingerprint density at radius 1 is 1.28 bits per heavy atom. The second-order valence-electron chi connectivity index (χ2n) is 6.15. The summed E-state index contributed by atoms with van der Waals surface area (Å²) < 4.78 is 11.1. The summed E-state index contributed by atoms with van der Waals surface area (Å²) in [6.45, 7) is 4.78. The maximum atomic E-state index is 12.9. The van der Waals surface area contributed by atoms with Gasteiger partial charge < -0.3 is 13.8 Å². The van der Waals surface area contributed by atoms with Gasteiger partial charge in [-0.05, 0) is 25.5 Å². The molecule has 4 rings (SSSR count). The van der Waals surface area contributed by atoms with Crippen molar-refractivity contribution in [1.82, 2.24) is 15.0 Å². The van der Waals surface area contributed by atoms with Gasteiger partial charge in [0.25, 0.3) is 5.91 Å². The fourth-order valence-corrected chi connectivity index (χ4v) is 3.17. The van der Waals surface area contributed by atoms with Crippen molar-refractivity contribution in [1.29, 1.82) is 0 Å². The van der Waals surface area contributed by atoms with E-state index in [0.29, 0.717) is 48.8 Å². The average molecular weight is 337 g/mol. The standard InChI is InChI=1S/C19H19N3O3/c1-3-14-17(12(2)25-21-14)19(23)22-10-9-16-15(11-22)20-18(24-16)13-7-5-4-6-8-13/h4-8H,3,9-11H2,1-2H3. The molecule has 1 aliphatic heterocycles. The number of aryl methyl sites for hydroxylation is 2. The molecule has 2 aromatic heterocycles. The summed E-state index contributed by atoms with van der Waals surface area (Å²) in [5.74, 6) is 1.99. The summed E-state index contributed by atoms with van der Waals surface area (Å²) in [6, 6.07) is 9.80. The van der Waals surface area contributed by atoms with Crippen LogP contribution in [0.2, 0.25) is 0 Å². The molecule has 1 aromatic carbocycles. The number of fused-ring (bicyclic) bond motifs is 1. The lowest BCUT2D eigenvalue weighted by atomic mass is 10.1. The summed E-state index contributed by atoms with van der Waals surface area (Å²) in [7, 11) is 0. The zero-order chi connectivity index (χ0) is 17.4. The van der Waals surface area contributed by atoms with E-state index in [2.05, 4.69) is 10.1 Å². The van der Waals surface area contributed by atoms with E-state index >= 15 is 0 Å². The molecule has 128 valence electrons. The molecule has 0 spiro atoms. The largest absolute Gasteiger partial charge is 0.441 e. The van der Waals surface area contributed by atoms with Crippen molar-refractivity contribution in [3.63, 3.8) is 0 Å². The lowest BCUT2D eigenvalue weighted by Crippen LogP contribution is -2.36. The van der Waals surface area contributed by atoms with Gasteiger partial charge in [0.1, 0.15) is 22.8 Å². The Balaban J connectivity index is 1.60. The second kappa shape index (κ2) is 6.20. The summed E-state index contributed by atoms with van der Waals surface area (Å²) in [5, 5.41) is 3.98. The molecule has 1 aliphatic rings. The van der Waals surface area contributed by atoms with Gasteiger partial charge in [0.2, 0.25) is 5.89 Å². The first-order valence-electron chi connectivity index (χ1n) is 8.45. The van der Waals surface area contributed by atoms with Crippen LogP contribution in [-0.2, 0) is 19.4 Å². The first-order chi connectivity index (χ1) is 12.2. The quantitative estimate of drug-likeness (QED) is 0.732. The van der Waals surface area contributed by atoms with E-state index in [0.717, 1.165) is 17.0 Å². The lowest BCUT2D eigenvalue weighted by molar-refractivity contribution is 0.0725. The molecule has 0 radical (unpaired) electrons. The molecule has 0 aliphatic carbocycles. The summed E-state index contributed by atoms with van der Waals surface area (Å²) in [5.41, 5.74) is 3.06. The predicted molar refractivity (Wildman–Crippen MR) is 91.0 cm³/mol. The highest BCUT2D eigenvalue weighted by Gasteiger charge is 2.30. The number of carbonyl (C=O) groups excluding carboxylic acids is 1. The van der Waals surface area contributed by atoms with E-state index in [1.165, 1.54) is 0 Å². The molecule has 3 aromatic rings. The number of carbonyl (C=O) groups is 1. The van der Waals surface area contributed by atoms with Crippen molar-refractivity contribution in [3.05, 3.63) is 58.8 Å². The van der Waals surface area contributed by atoms with E-state index in [-0.39, 0.29) is 5.91 Å². The summed E-state index contributed by atoms with van der Waals surface area (Å²) in [6.07, 6.45) is 1.33. The third kappa shape index (κ3) is 2.73. The number of benzene rings is 1. The van der Waals surface area contributed by atoms with Crippen LogP contribution in [0.1, 0.15) is 40.2 Å². The van der Waals surface area contributed by atoms with E-state index in [4.69, 9.17) is 8.94 Å². The van der Waals surface area contributed by atoms with Gasteiger partial charge in [-0.1, -0.05) is 30.3 Å². The van der Waals surface area contributed by atoms with Gasteiger partial charge in [0, 0.05) is 18.5 Å². The molecule has 0 unspecified atom stereocenters. The van der Waals surface area contributed by atoms with Crippen LogP contribution in [0.3, 0.4) is 0 Å². The third-order valence-corrected chi connectivity index (χ3v) is 4.52. The van der Waals surface area contributed by atoms with Crippen molar-refractivity contribution in [2.45, 2.75) is 33.2 Å². The van der Waals surface area contributed by atoms with Crippen molar-refractivity contribution >= 4 is 5.91 Å². The fourth-order valence-electron chi connectivity index (χ4n) is 3.17. The minimum atomic E-state index is -0.0505. The number of aromatic nitrogens is 2. The van der Waals surface area contributed by atoms with Crippen molar-refractivity contribution < 1.29 is 13.7 Å². The van der Waals surface area contributed by atoms with Crippen LogP contribution in [0.4, 0.5) is 0 Å². The molecule has 0 N–H and O–H groups in total. The molecule has 0 fully saturated rings. The number of amides is 1. The molecule has 6 heteroatoms. The average Bonchev–Trinajstić information content (AvgIpc) is 3.24. The molecule has 1 amide bonds. The molecule has 3 heterocycles. The first kappa shape index (κ1) is 15.6. The Bertz CT molecular complexity index is 911. The summed E-state index contributed by atoms with van der Waals surface area (Å²) in [4.78, 5) is 19.3. The number of hydrogen-bond acceptors (Lipinski definition) is 5. The van der Waals surface area contributed by atoms with E-state index < -0.39 is 0 Å². The van der Waals surface area contributed by atoms with Gasteiger partial charge in [-0.2, -0.15) is 0 Å². The number of nitrogens with zero attached hydrogens (tertiary/aromatic N) is 3. The topological polar surface area (TPSA) is 72.4 Å². The normalized spacial score (nSPS) is 13.8. The maximum Gasteiger partial charge on any atom is 0.259 e. The maximum absolute atomic E-state index is 12.9. The smallest absolute Gasteiger partial charge is 0.259 e. The number of oxazole rings is 1. The highest BCUT2D eigenvalue weighted by Crippen LogP contribution is 2.27. The number of hydrogen-bond donors (Lipinski definition) is 0. The molecule has 0 bridgehead atoms. The van der Waals surface area contributed by atoms with Crippen LogP contribution in [0.5, 0.6) is 0 Å². The zero-order valence-electron chi connectivity index (χ0n) is 14.3. The molecule has 0 saturated carbocycles. The van der Waals surface area contributed by atoms with Crippen molar-refractivity contribution in [2.75, 3.05) is 6.54 Å². The van der Waals surface area contributed by atoms with Crippen molar-refractivity contribution in [2.24, 2.45) is 0 Å². The fraction of sp³-hybridized carbons (Fsp3) is 0.316. The van der Waals surface area contributed by atoms with Gasteiger partial charge >= 0.3 is 0 Å². The van der Waals surface area contributed by atoms with Crippen molar-refractivity contribution in [3.8, 4) is 11.5 Å². The van der Waals surface area contributed by atoms with Gasteiger partial charge in [0.05, 0.1) is 12.2 Å². The van der Waals surface area contributed by atoms with Gasteiger partial charge in [-0.3, -0.25) is 4.79 Å². The SMILES string of the molecule is CCc1noc(C)c1C(=O)N1CCc2oc(-c3ccccc3)nc2C1. The summed E-state index contributed by atoms with van der Waals surface area (Å²) >= 11 is 0. The zero-order valence-corrected chi connectivity index (χ0v) is 14.3. The Hall–Kier alpha value is -2.89. The Morgan fingerprint density at radius 2 is 2.08 bits per heavy atom. The van der Waals surface area contributed by atoms with E-state index in [9.17, 15) is 4.79 Å². The van der Waals surface area contributed by atoms with Crippen LogP contribution < -0.4 is 0 Å². The molecule has 25 heavy (non-hydrogen) atoms. The molecule has 0 atom stereocenters. The van der Waals surface area contributed by atoms with Gasteiger partial charge in [-0.25, -0.2) is 4.98 Å². The van der Waals surface area contributed by atoms with Crippen LogP contribution in [-0.4, -0.2) is 27.5 Å². The minimum Gasteiger partial charge on any atom is -0.441 e. The molecule has 6 nitrogen and oxygen atoms in total. The first-order valence-corrected chi connectivity index (χ1v) is 8.45.